The lowest BCUT2D eigenvalue weighted by Crippen LogP contribution is -2.62. The molecule has 0 aromatic carbocycles. The zero-order valence-electron chi connectivity index (χ0n) is 8.78. The number of hydrogen-bond acceptors (Lipinski definition) is 2. The fourth-order valence-electron chi connectivity index (χ4n) is 1.93. The number of hydrogen-bond donors (Lipinski definition) is 1. The Morgan fingerprint density at radius 3 is 2.50 bits per heavy atom. The standard InChI is InChI=1S/C9H16N2O3/c1-4-11-7(12)5-10(8(13)14)6-9(11,2)3/h4-6H2,1-3H3,(H,13,14). The largest absolute Gasteiger partial charge is 0.465 e. The first-order valence-corrected chi connectivity index (χ1v) is 4.67. The van der Waals surface area contributed by atoms with Crippen LogP contribution in [0, 0.1) is 0 Å². The second-order valence-corrected chi connectivity index (χ2v) is 4.09. The minimum atomic E-state index is -1.03. The molecule has 0 aromatic rings. The van der Waals surface area contributed by atoms with Gasteiger partial charge in [-0.1, -0.05) is 0 Å². The Kier molecular flexibility index (Phi) is 2.69. The zero-order chi connectivity index (χ0) is 10.9. The Morgan fingerprint density at radius 2 is 2.14 bits per heavy atom. The second kappa shape index (κ2) is 3.48. The summed E-state index contributed by atoms with van der Waals surface area (Å²) >= 11 is 0. The van der Waals surface area contributed by atoms with Crippen LogP contribution in [0.5, 0.6) is 0 Å². The fraction of sp³-hybridized carbons (Fsp3) is 0.778. The second-order valence-electron chi connectivity index (χ2n) is 4.09. The lowest BCUT2D eigenvalue weighted by Gasteiger charge is -2.45. The maximum atomic E-state index is 11.6. The molecule has 1 saturated heterocycles. The minimum absolute atomic E-state index is 0.0212. The highest BCUT2D eigenvalue weighted by Gasteiger charge is 2.39. The van der Waals surface area contributed by atoms with Gasteiger partial charge in [-0.25, -0.2) is 4.79 Å². The molecule has 5 heteroatoms. The summed E-state index contributed by atoms with van der Waals surface area (Å²) in [5.41, 5.74) is -0.400. The van der Waals surface area contributed by atoms with E-state index in [9.17, 15) is 9.59 Å². The van der Waals surface area contributed by atoms with Gasteiger partial charge in [0.1, 0.15) is 6.54 Å². The molecular formula is C9H16N2O3. The summed E-state index contributed by atoms with van der Waals surface area (Å²) in [6.07, 6.45) is -1.03. The molecule has 1 aliphatic rings. The van der Waals surface area contributed by atoms with E-state index < -0.39 is 11.6 Å². The molecule has 1 rings (SSSR count). The molecule has 1 aliphatic heterocycles. The van der Waals surface area contributed by atoms with Crippen LogP contribution in [0.15, 0.2) is 0 Å². The van der Waals surface area contributed by atoms with E-state index in [2.05, 4.69) is 0 Å². The van der Waals surface area contributed by atoms with Crippen molar-refractivity contribution < 1.29 is 14.7 Å². The molecule has 1 N–H and O–H groups in total. The number of carbonyl (C=O) groups is 2. The highest BCUT2D eigenvalue weighted by Crippen LogP contribution is 2.21. The van der Waals surface area contributed by atoms with Crippen molar-refractivity contribution in [3.05, 3.63) is 0 Å². The van der Waals surface area contributed by atoms with Gasteiger partial charge >= 0.3 is 6.09 Å². The molecule has 2 amide bonds. The van der Waals surface area contributed by atoms with Crippen LogP contribution in [0.25, 0.3) is 0 Å². The molecule has 0 bridgehead atoms. The molecule has 0 aromatic heterocycles. The van der Waals surface area contributed by atoms with Crippen LogP contribution in [0.1, 0.15) is 20.8 Å². The molecule has 0 atom stereocenters. The molecule has 80 valence electrons. The summed E-state index contributed by atoms with van der Waals surface area (Å²) in [6, 6.07) is 0. The van der Waals surface area contributed by atoms with Gasteiger partial charge in [0.25, 0.3) is 0 Å². The topological polar surface area (TPSA) is 60.9 Å². The first-order valence-electron chi connectivity index (χ1n) is 4.67. The number of amides is 2. The van der Waals surface area contributed by atoms with Crippen molar-refractivity contribution in [2.75, 3.05) is 19.6 Å². The highest BCUT2D eigenvalue weighted by molar-refractivity contribution is 5.84. The summed E-state index contributed by atoms with van der Waals surface area (Å²) in [5.74, 6) is -0.119. The van der Waals surface area contributed by atoms with Crippen LogP contribution in [0.4, 0.5) is 4.79 Å². The summed E-state index contributed by atoms with van der Waals surface area (Å²) in [5, 5.41) is 8.80. The van der Waals surface area contributed by atoms with Crippen molar-refractivity contribution in [2.45, 2.75) is 26.3 Å². The summed E-state index contributed by atoms with van der Waals surface area (Å²) < 4.78 is 0. The third-order valence-electron chi connectivity index (χ3n) is 2.52. The summed E-state index contributed by atoms with van der Waals surface area (Å²) in [4.78, 5) is 25.2. The number of carbonyl (C=O) groups excluding carboxylic acids is 1. The first-order chi connectivity index (χ1) is 6.38. The maximum absolute atomic E-state index is 11.6. The van der Waals surface area contributed by atoms with Crippen LogP contribution in [0.3, 0.4) is 0 Å². The lowest BCUT2D eigenvalue weighted by molar-refractivity contribution is -0.143. The SMILES string of the molecule is CCN1C(=O)CN(C(=O)O)CC1(C)C. The van der Waals surface area contributed by atoms with Crippen LogP contribution in [-0.2, 0) is 4.79 Å². The molecule has 1 heterocycles. The van der Waals surface area contributed by atoms with Crippen molar-refractivity contribution >= 4 is 12.0 Å². The Labute approximate surface area is 83.3 Å². The van der Waals surface area contributed by atoms with E-state index in [1.54, 1.807) is 4.90 Å². The monoisotopic (exact) mass is 200 g/mol. The predicted molar refractivity (Wildman–Crippen MR) is 51.1 cm³/mol. The Hall–Kier alpha value is -1.26. The quantitative estimate of drug-likeness (QED) is 0.674. The van der Waals surface area contributed by atoms with Gasteiger partial charge in [0, 0.05) is 13.1 Å². The van der Waals surface area contributed by atoms with E-state index in [1.165, 1.54) is 0 Å². The van der Waals surface area contributed by atoms with Crippen molar-refractivity contribution in [3.63, 3.8) is 0 Å². The first kappa shape index (κ1) is 10.8. The average Bonchev–Trinajstić information content (AvgIpc) is 2.01. The number of piperazine rings is 1. The molecule has 0 radical (unpaired) electrons. The van der Waals surface area contributed by atoms with Crippen LogP contribution >= 0.6 is 0 Å². The van der Waals surface area contributed by atoms with Crippen LogP contribution < -0.4 is 0 Å². The average molecular weight is 200 g/mol. The zero-order valence-corrected chi connectivity index (χ0v) is 8.78. The predicted octanol–water partition coefficient (Wildman–Crippen LogP) is 0.607. The van der Waals surface area contributed by atoms with E-state index in [1.807, 2.05) is 20.8 Å². The molecule has 0 saturated carbocycles. The van der Waals surface area contributed by atoms with Crippen molar-refractivity contribution in [2.24, 2.45) is 0 Å². The summed E-state index contributed by atoms with van der Waals surface area (Å²) in [6.45, 7) is 6.64. The van der Waals surface area contributed by atoms with Gasteiger partial charge in [-0.3, -0.25) is 9.69 Å². The van der Waals surface area contributed by atoms with Gasteiger partial charge in [0.15, 0.2) is 0 Å². The van der Waals surface area contributed by atoms with Gasteiger partial charge < -0.3 is 10.0 Å². The van der Waals surface area contributed by atoms with Crippen molar-refractivity contribution in [3.8, 4) is 0 Å². The fourth-order valence-corrected chi connectivity index (χ4v) is 1.93. The van der Waals surface area contributed by atoms with Gasteiger partial charge in [-0.15, -0.1) is 0 Å². The number of nitrogens with zero attached hydrogens (tertiary/aromatic N) is 2. The smallest absolute Gasteiger partial charge is 0.407 e. The van der Waals surface area contributed by atoms with Crippen LogP contribution in [0.2, 0.25) is 0 Å². The lowest BCUT2D eigenvalue weighted by atomic mass is 9.99. The van der Waals surface area contributed by atoms with E-state index in [-0.39, 0.29) is 12.5 Å². The van der Waals surface area contributed by atoms with E-state index >= 15 is 0 Å². The molecular weight excluding hydrogens is 184 g/mol. The van der Waals surface area contributed by atoms with E-state index in [4.69, 9.17) is 5.11 Å². The van der Waals surface area contributed by atoms with E-state index in [0.29, 0.717) is 13.1 Å². The Bertz CT molecular complexity index is 263. The number of carboxylic acid groups (broad SMARTS) is 1. The Balaban J connectivity index is 2.84. The van der Waals surface area contributed by atoms with Gasteiger partial charge in [-0.05, 0) is 20.8 Å². The molecule has 5 nitrogen and oxygen atoms in total. The number of likely N-dealkylation sites (N-methyl/N-ethyl adjacent to an activating group) is 1. The molecule has 0 spiro atoms. The van der Waals surface area contributed by atoms with E-state index in [0.717, 1.165) is 4.90 Å². The molecule has 0 unspecified atom stereocenters. The van der Waals surface area contributed by atoms with Crippen LogP contribution in [-0.4, -0.2) is 52.1 Å². The van der Waals surface area contributed by atoms with Gasteiger partial charge in [0.05, 0.1) is 5.54 Å². The molecule has 0 aliphatic carbocycles. The van der Waals surface area contributed by atoms with Gasteiger partial charge in [-0.2, -0.15) is 0 Å². The third kappa shape index (κ3) is 1.81. The van der Waals surface area contributed by atoms with Gasteiger partial charge in [0.2, 0.25) is 5.91 Å². The third-order valence-corrected chi connectivity index (χ3v) is 2.52. The Morgan fingerprint density at radius 1 is 1.57 bits per heavy atom. The number of rotatable bonds is 1. The van der Waals surface area contributed by atoms with Crippen molar-refractivity contribution in [1.29, 1.82) is 0 Å². The van der Waals surface area contributed by atoms with Crippen molar-refractivity contribution in [1.82, 2.24) is 9.80 Å². The summed E-state index contributed by atoms with van der Waals surface area (Å²) in [7, 11) is 0. The minimum Gasteiger partial charge on any atom is -0.465 e. The normalized spacial score (nSPS) is 21.2. The molecule has 14 heavy (non-hydrogen) atoms. The highest BCUT2D eigenvalue weighted by atomic mass is 16.4. The molecule has 1 fully saturated rings. The maximum Gasteiger partial charge on any atom is 0.407 e.